The first-order valence-electron chi connectivity index (χ1n) is 7.48. The van der Waals surface area contributed by atoms with E-state index in [1.165, 1.54) is 0 Å². The van der Waals surface area contributed by atoms with Crippen LogP contribution in [0, 0.1) is 11.8 Å². The predicted molar refractivity (Wildman–Crippen MR) is 90.5 cm³/mol. The van der Waals surface area contributed by atoms with Crippen molar-refractivity contribution in [1.29, 1.82) is 0 Å². The maximum atomic E-state index is 12.5. The van der Waals surface area contributed by atoms with Crippen molar-refractivity contribution in [3.05, 3.63) is 43.0 Å². The molecule has 3 heteroatoms. The largest absolute Gasteiger partial charge is 0.461 e. The van der Waals surface area contributed by atoms with E-state index in [9.17, 15) is 4.79 Å². The molecule has 0 radical (unpaired) electrons. The molecule has 1 aromatic rings. The number of carbonyl (C=O) groups excluding carboxylic acids is 1. The second kappa shape index (κ2) is 8.93. The van der Waals surface area contributed by atoms with E-state index in [1.807, 2.05) is 30.3 Å². The molecule has 0 saturated carbocycles. The Morgan fingerprint density at radius 1 is 1.19 bits per heavy atom. The zero-order chi connectivity index (χ0) is 15.8. The molecule has 1 aromatic carbocycles. The van der Waals surface area contributed by atoms with Gasteiger partial charge in [-0.15, -0.1) is 18.3 Å². The van der Waals surface area contributed by atoms with E-state index < -0.39 is 0 Å². The van der Waals surface area contributed by atoms with Crippen LogP contribution in [0.5, 0.6) is 0 Å². The van der Waals surface area contributed by atoms with Crippen molar-refractivity contribution in [2.75, 3.05) is 0 Å². The zero-order valence-electron chi connectivity index (χ0n) is 13.4. The van der Waals surface area contributed by atoms with Crippen LogP contribution in [-0.4, -0.2) is 17.3 Å². The highest BCUT2D eigenvalue weighted by Crippen LogP contribution is 2.28. The fourth-order valence-corrected chi connectivity index (χ4v) is 3.29. The summed E-state index contributed by atoms with van der Waals surface area (Å²) >= 11 is 1.54. The lowest BCUT2D eigenvalue weighted by Crippen LogP contribution is -2.32. The van der Waals surface area contributed by atoms with Gasteiger partial charge in [0.05, 0.1) is 0 Å². The van der Waals surface area contributed by atoms with Crippen molar-refractivity contribution in [2.45, 2.75) is 50.4 Å². The predicted octanol–water partition coefficient (Wildman–Crippen LogP) is 4.95. The van der Waals surface area contributed by atoms with E-state index in [0.29, 0.717) is 18.3 Å². The summed E-state index contributed by atoms with van der Waals surface area (Å²) in [5.74, 6) is 0.497. The van der Waals surface area contributed by atoms with Gasteiger partial charge in [0.2, 0.25) is 0 Å². The third kappa shape index (κ3) is 5.96. The van der Waals surface area contributed by atoms with E-state index in [-0.39, 0.29) is 17.3 Å². The Labute approximate surface area is 133 Å². The molecule has 1 rings (SSSR count). The first-order valence-corrected chi connectivity index (χ1v) is 8.36. The third-order valence-corrected chi connectivity index (χ3v) is 4.45. The van der Waals surface area contributed by atoms with Crippen molar-refractivity contribution in [3.63, 3.8) is 0 Å². The minimum Gasteiger partial charge on any atom is -0.461 e. The van der Waals surface area contributed by atoms with Gasteiger partial charge in [-0.05, 0) is 30.4 Å². The minimum absolute atomic E-state index is 0.0406. The molecular weight excluding hydrogens is 280 g/mol. The molecule has 1 atom stereocenters. The second-order valence-corrected chi connectivity index (χ2v) is 7.11. The number of ether oxygens (including phenoxy) is 1. The van der Waals surface area contributed by atoms with Crippen LogP contribution in [-0.2, 0) is 9.53 Å². The summed E-state index contributed by atoms with van der Waals surface area (Å²) < 4.78 is 5.75. The average molecular weight is 306 g/mol. The number of carbonyl (C=O) groups is 1. The van der Waals surface area contributed by atoms with Crippen LogP contribution < -0.4 is 0 Å². The van der Waals surface area contributed by atoms with Gasteiger partial charge in [0.15, 0.2) is 0 Å². The van der Waals surface area contributed by atoms with Crippen LogP contribution in [0.1, 0.15) is 34.1 Å². The Bertz CT molecular complexity index is 432. The van der Waals surface area contributed by atoms with E-state index in [1.54, 1.807) is 17.8 Å². The number of thioether (sulfide) groups is 1. The summed E-state index contributed by atoms with van der Waals surface area (Å²) in [4.78, 5) is 13.5. The number of hydrogen-bond donors (Lipinski definition) is 0. The molecule has 0 amide bonds. The van der Waals surface area contributed by atoms with Gasteiger partial charge in [-0.25, -0.2) is 0 Å². The molecule has 0 aliphatic rings. The maximum Gasteiger partial charge on any atom is 0.320 e. The topological polar surface area (TPSA) is 26.3 Å². The number of benzene rings is 1. The molecule has 21 heavy (non-hydrogen) atoms. The summed E-state index contributed by atoms with van der Waals surface area (Å²) in [5.41, 5.74) is 0. The summed E-state index contributed by atoms with van der Waals surface area (Å²) in [6.07, 6.45) is 2.35. The Balaban J connectivity index is 2.75. The molecule has 0 aliphatic carbocycles. The van der Waals surface area contributed by atoms with Crippen LogP contribution >= 0.6 is 11.8 Å². The van der Waals surface area contributed by atoms with Gasteiger partial charge in [0, 0.05) is 4.90 Å². The first kappa shape index (κ1) is 17.8. The van der Waals surface area contributed by atoms with Crippen molar-refractivity contribution < 1.29 is 9.53 Å². The third-order valence-electron chi connectivity index (χ3n) is 3.23. The molecular formula is C18H26O2S. The Kier molecular flexibility index (Phi) is 7.58. The number of rotatable bonds is 8. The van der Waals surface area contributed by atoms with Gasteiger partial charge >= 0.3 is 5.97 Å². The van der Waals surface area contributed by atoms with Gasteiger partial charge < -0.3 is 4.74 Å². The minimum atomic E-state index is -0.232. The van der Waals surface area contributed by atoms with Gasteiger partial charge in [0.25, 0.3) is 0 Å². The van der Waals surface area contributed by atoms with Crippen LogP contribution in [0.3, 0.4) is 0 Å². The highest BCUT2D eigenvalue weighted by molar-refractivity contribution is 8.00. The van der Waals surface area contributed by atoms with E-state index in [0.717, 1.165) is 4.90 Å². The monoisotopic (exact) mass is 306 g/mol. The molecule has 0 N–H and O–H groups in total. The van der Waals surface area contributed by atoms with Gasteiger partial charge in [-0.1, -0.05) is 52.0 Å². The van der Waals surface area contributed by atoms with Crippen LogP contribution in [0.25, 0.3) is 0 Å². The van der Waals surface area contributed by atoms with Crippen LogP contribution in [0.4, 0.5) is 0 Å². The van der Waals surface area contributed by atoms with E-state index in [4.69, 9.17) is 4.74 Å². The zero-order valence-corrected chi connectivity index (χ0v) is 14.2. The normalized spacial score (nSPS) is 12.7. The molecule has 0 aromatic heterocycles. The van der Waals surface area contributed by atoms with Gasteiger partial charge in [-0.2, -0.15) is 0 Å². The van der Waals surface area contributed by atoms with E-state index >= 15 is 0 Å². The lowest BCUT2D eigenvalue weighted by molar-refractivity contribution is -0.153. The van der Waals surface area contributed by atoms with Crippen molar-refractivity contribution in [1.82, 2.24) is 0 Å². The first-order chi connectivity index (χ1) is 9.95. The molecule has 2 nitrogen and oxygen atoms in total. The number of hydrogen-bond acceptors (Lipinski definition) is 3. The fourth-order valence-electron chi connectivity index (χ4n) is 2.26. The number of esters is 1. The van der Waals surface area contributed by atoms with Crippen molar-refractivity contribution in [3.8, 4) is 0 Å². The molecule has 116 valence electrons. The van der Waals surface area contributed by atoms with Gasteiger partial charge in [-0.3, -0.25) is 4.79 Å². The lowest BCUT2D eigenvalue weighted by Gasteiger charge is -2.27. The number of allylic oxidation sites excluding steroid dienone is 1. The van der Waals surface area contributed by atoms with Gasteiger partial charge in [0.1, 0.15) is 11.4 Å². The Morgan fingerprint density at radius 2 is 1.76 bits per heavy atom. The van der Waals surface area contributed by atoms with E-state index in [2.05, 4.69) is 34.3 Å². The van der Waals surface area contributed by atoms with Crippen LogP contribution in [0.15, 0.2) is 47.9 Å². The molecule has 0 unspecified atom stereocenters. The molecule has 0 spiro atoms. The standard InChI is InChI=1S/C18H26O2S/c1-6-10-16(21-15-11-8-7-9-12-15)18(19)20-17(13(2)3)14(4)5/h6-9,11-14,16-17H,1,10H2,2-5H3/t16-/m1/s1. The molecule has 0 fully saturated rings. The smallest absolute Gasteiger partial charge is 0.320 e. The fraction of sp³-hybridized carbons (Fsp3) is 0.500. The lowest BCUT2D eigenvalue weighted by atomic mass is 9.96. The molecule has 0 bridgehead atoms. The highest BCUT2D eigenvalue weighted by atomic mass is 32.2. The molecule has 0 aliphatic heterocycles. The Hall–Kier alpha value is -1.22. The average Bonchev–Trinajstić information content (AvgIpc) is 2.44. The highest BCUT2D eigenvalue weighted by Gasteiger charge is 2.27. The SMILES string of the molecule is C=CC[C@@H](Sc1ccccc1)C(=O)OC(C(C)C)C(C)C. The second-order valence-electron chi connectivity index (χ2n) is 5.83. The van der Waals surface area contributed by atoms with Crippen LogP contribution in [0.2, 0.25) is 0 Å². The Morgan fingerprint density at radius 3 is 2.24 bits per heavy atom. The molecule has 0 heterocycles. The quantitative estimate of drug-likeness (QED) is 0.386. The summed E-state index contributed by atoms with van der Waals surface area (Å²) in [6, 6.07) is 9.94. The molecule has 0 saturated heterocycles. The van der Waals surface area contributed by atoms with Crippen molar-refractivity contribution in [2.24, 2.45) is 11.8 Å². The van der Waals surface area contributed by atoms with Crippen molar-refractivity contribution >= 4 is 17.7 Å². The summed E-state index contributed by atoms with van der Waals surface area (Å²) in [6.45, 7) is 12.1. The summed E-state index contributed by atoms with van der Waals surface area (Å²) in [7, 11) is 0. The maximum absolute atomic E-state index is 12.5. The summed E-state index contributed by atoms with van der Waals surface area (Å²) in [5, 5.41) is -0.232.